The fourth-order valence-electron chi connectivity index (χ4n) is 2.50. The highest BCUT2D eigenvalue weighted by Crippen LogP contribution is 2.23. The highest BCUT2D eigenvalue weighted by atomic mass is 16.1. The Morgan fingerprint density at radius 2 is 1.85 bits per heavy atom. The molecule has 0 saturated heterocycles. The summed E-state index contributed by atoms with van der Waals surface area (Å²) in [5, 5.41) is 0. The molecule has 0 spiro atoms. The van der Waals surface area contributed by atoms with Crippen molar-refractivity contribution in [1.82, 2.24) is 0 Å². The van der Waals surface area contributed by atoms with Crippen molar-refractivity contribution in [3.05, 3.63) is 64.2 Å². The van der Waals surface area contributed by atoms with Crippen LogP contribution < -0.4 is 5.73 Å². The smallest absolute Gasteiger partial charge is 0.195 e. The van der Waals surface area contributed by atoms with Crippen molar-refractivity contribution in [2.24, 2.45) is 0 Å². The molecule has 0 aliphatic carbocycles. The summed E-state index contributed by atoms with van der Waals surface area (Å²) >= 11 is 0. The van der Waals surface area contributed by atoms with Gasteiger partial charge < -0.3 is 5.73 Å². The topological polar surface area (TPSA) is 43.1 Å². The maximum Gasteiger partial charge on any atom is 0.195 e. The Labute approximate surface area is 120 Å². The number of ketones is 1. The van der Waals surface area contributed by atoms with Crippen LogP contribution in [0.2, 0.25) is 0 Å². The van der Waals surface area contributed by atoms with Gasteiger partial charge in [-0.2, -0.15) is 0 Å². The van der Waals surface area contributed by atoms with Gasteiger partial charge in [0, 0.05) is 16.8 Å². The second-order valence-corrected chi connectivity index (χ2v) is 5.07. The minimum atomic E-state index is 0.0350. The molecule has 2 N–H and O–H groups in total. The van der Waals surface area contributed by atoms with Gasteiger partial charge in [0.05, 0.1) is 0 Å². The van der Waals surface area contributed by atoms with E-state index >= 15 is 0 Å². The highest BCUT2D eigenvalue weighted by Gasteiger charge is 2.17. The van der Waals surface area contributed by atoms with Gasteiger partial charge in [-0.15, -0.1) is 0 Å². The average Bonchev–Trinajstić information content (AvgIpc) is 2.46. The monoisotopic (exact) mass is 267 g/mol. The van der Waals surface area contributed by atoms with E-state index in [9.17, 15) is 4.79 Å². The first-order valence-corrected chi connectivity index (χ1v) is 7.10. The molecule has 2 aromatic rings. The van der Waals surface area contributed by atoms with Crippen LogP contribution in [0.3, 0.4) is 0 Å². The third-order valence-corrected chi connectivity index (χ3v) is 3.74. The molecule has 0 radical (unpaired) electrons. The van der Waals surface area contributed by atoms with Crippen LogP contribution in [0.1, 0.15) is 46.5 Å². The van der Waals surface area contributed by atoms with E-state index in [4.69, 9.17) is 5.73 Å². The molecule has 0 fully saturated rings. The molecule has 0 heterocycles. The van der Waals surface area contributed by atoms with E-state index in [0.29, 0.717) is 11.3 Å². The number of nitrogens with two attached hydrogens (primary N) is 1. The van der Waals surface area contributed by atoms with Crippen molar-refractivity contribution >= 4 is 11.5 Å². The van der Waals surface area contributed by atoms with Gasteiger partial charge in [-0.3, -0.25) is 4.79 Å². The normalized spacial score (nSPS) is 10.6. The molecular weight excluding hydrogens is 246 g/mol. The van der Waals surface area contributed by atoms with Crippen LogP contribution in [-0.4, -0.2) is 5.78 Å². The first-order chi connectivity index (χ1) is 9.58. The van der Waals surface area contributed by atoms with Crippen molar-refractivity contribution in [2.75, 3.05) is 5.73 Å². The minimum Gasteiger partial charge on any atom is -0.398 e. The van der Waals surface area contributed by atoms with Crippen molar-refractivity contribution in [1.29, 1.82) is 0 Å². The molecule has 2 heteroatoms. The quantitative estimate of drug-likeness (QED) is 0.673. The van der Waals surface area contributed by atoms with Crippen LogP contribution in [0, 0.1) is 6.92 Å². The molecule has 2 nitrogen and oxygen atoms in total. The number of benzene rings is 2. The van der Waals surface area contributed by atoms with Crippen LogP contribution >= 0.6 is 0 Å². The van der Waals surface area contributed by atoms with E-state index < -0.39 is 0 Å². The SMILES string of the molecule is CCc1ccc(CC)c(C(=O)c2c(C)cccc2N)c1. The van der Waals surface area contributed by atoms with Gasteiger partial charge in [0.15, 0.2) is 5.78 Å². The second-order valence-electron chi connectivity index (χ2n) is 5.07. The van der Waals surface area contributed by atoms with Gasteiger partial charge >= 0.3 is 0 Å². The molecular formula is C18H21NO. The lowest BCUT2D eigenvalue weighted by molar-refractivity contribution is 0.103. The summed E-state index contributed by atoms with van der Waals surface area (Å²) in [7, 11) is 0. The maximum absolute atomic E-state index is 12.9. The fourth-order valence-corrected chi connectivity index (χ4v) is 2.50. The summed E-state index contributed by atoms with van der Waals surface area (Å²) in [5.41, 5.74) is 11.2. The molecule has 2 aromatic carbocycles. The van der Waals surface area contributed by atoms with Crippen LogP contribution in [0.15, 0.2) is 36.4 Å². The Balaban J connectivity index is 2.58. The van der Waals surface area contributed by atoms with Crippen LogP contribution in [0.25, 0.3) is 0 Å². The van der Waals surface area contributed by atoms with E-state index in [2.05, 4.69) is 26.0 Å². The van der Waals surface area contributed by atoms with Crippen molar-refractivity contribution in [2.45, 2.75) is 33.6 Å². The largest absolute Gasteiger partial charge is 0.398 e. The number of anilines is 1. The summed E-state index contributed by atoms with van der Waals surface area (Å²) in [5.74, 6) is 0.0350. The van der Waals surface area contributed by atoms with Gasteiger partial charge in [0.1, 0.15) is 0 Å². The molecule has 104 valence electrons. The molecule has 0 saturated carbocycles. The Hall–Kier alpha value is -2.09. The first kappa shape index (κ1) is 14.3. The molecule has 0 bridgehead atoms. The Morgan fingerprint density at radius 3 is 2.45 bits per heavy atom. The summed E-state index contributed by atoms with van der Waals surface area (Å²) in [6, 6.07) is 11.8. The fraction of sp³-hybridized carbons (Fsp3) is 0.278. The van der Waals surface area contributed by atoms with E-state index in [-0.39, 0.29) is 5.78 Å². The van der Waals surface area contributed by atoms with Crippen molar-refractivity contribution < 1.29 is 4.79 Å². The predicted molar refractivity (Wildman–Crippen MR) is 84.2 cm³/mol. The Morgan fingerprint density at radius 1 is 1.10 bits per heavy atom. The number of nitrogen functional groups attached to an aromatic ring is 1. The summed E-state index contributed by atoms with van der Waals surface area (Å²) in [6.45, 7) is 6.09. The Kier molecular flexibility index (Phi) is 4.23. The van der Waals surface area contributed by atoms with Gasteiger partial charge in [0.2, 0.25) is 0 Å². The van der Waals surface area contributed by atoms with Gasteiger partial charge in [-0.05, 0) is 48.6 Å². The number of aryl methyl sites for hydroxylation is 3. The third-order valence-electron chi connectivity index (χ3n) is 3.74. The summed E-state index contributed by atoms with van der Waals surface area (Å²) in [4.78, 5) is 12.9. The number of hydrogen-bond donors (Lipinski definition) is 1. The minimum absolute atomic E-state index is 0.0350. The average molecular weight is 267 g/mol. The lowest BCUT2D eigenvalue weighted by atomic mass is 9.91. The molecule has 0 unspecified atom stereocenters. The summed E-state index contributed by atoms with van der Waals surface area (Å²) in [6.07, 6.45) is 1.77. The van der Waals surface area contributed by atoms with E-state index in [0.717, 1.165) is 29.5 Å². The zero-order valence-electron chi connectivity index (χ0n) is 12.4. The molecule has 0 aliphatic heterocycles. The molecule has 0 atom stereocenters. The number of carbonyl (C=O) groups is 1. The third kappa shape index (κ3) is 2.60. The standard InChI is InChI=1S/C18H21NO/c1-4-13-9-10-14(5-2)15(11-13)18(20)17-12(3)7-6-8-16(17)19/h6-11H,4-5,19H2,1-3H3. The van der Waals surface area contributed by atoms with Crippen molar-refractivity contribution in [3.63, 3.8) is 0 Å². The van der Waals surface area contributed by atoms with Gasteiger partial charge in [-0.25, -0.2) is 0 Å². The maximum atomic E-state index is 12.9. The lowest BCUT2D eigenvalue weighted by Crippen LogP contribution is -2.10. The molecule has 0 amide bonds. The zero-order valence-corrected chi connectivity index (χ0v) is 12.4. The van der Waals surface area contributed by atoms with Gasteiger partial charge in [0.25, 0.3) is 0 Å². The molecule has 20 heavy (non-hydrogen) atoms. The summed E-state index contributed by atoms with van der Waals surface area (Å²) < 4.78 is 0. The zero-order chi connectivity index (χ0) is 14.7. The van der Waals surface area contributed by atoms with Crippen LogP contribution in [0.4, 0.5) is 5.69 Å². The van der Waals surface area contributed by atoms with Gasteiger partial charge in [-0.1, -0.05) is 38.1 Å². The molecule has 0 aromatic heterocycles. The number of hydrogen-bond acceptors (Lipinski definition) is 2. The molecule has 0 aliphatic rings. The van der Waals surface area contributed by atoms with E-state index in [1.165, 1.54) is 5.56 Å². The number of carbonyl (C=O) groups excluding carboxylic acids is 1. The Bertz CT molecular complexity index is 624. The van der Waals surface area contributed by atoms with Crippen LogP contribution in [-0.2, 0) is 12.8 Å². The number of rotatable bonds is 4. The second kappa shape index (κ2) is 5.91. The lowest BCUT2D eigenvalue weighted by Gasteiger charge is -2.12. The van der Waals surface area contributed by atoms with Crippen molar-refractivity contribution in [3.8, 4) is 0 Å². The van der Waals surface area contributed by atoms with E-state index in [1.807, 2.05) is 25.1 Å². The van der Waals surface area contributed by atoms with E-state index in [1.54, 1.807) is 6.07 Å². The predicted octanol–water partition coefficient (Wildman–Crippen LogP) is 3.93. The highest BCUT2D eigenvalue weighted by molar-refractivity contribution is 6.13. The first-order valence-electron chi connectivity index (χ1n) is 7.10. The molecule has 2 rings (SSSR count). The van der Waals surface area contributed by atoms with Crippen LogP contribution in [0.5, 0.6) is 0 Å².